The molecule has 0 bridgehead atoms. The lowest BCUT2D eigenvalue weighted by atomic mass is 10.1. The van der Waals surface area contributed by atoms with Gasteiger partial charge in [0.2, 0.25) is 0 Å². The van der Waals surface area contributed by atoms with Crippen LogP contribution in [0.25, 0.3) is 10.9 Å². The summed E-state index contributed by atoms with van der Waals surface area (Å²) < 4.78 is 5.21. The molecule has 9 heteroatoms. The minimum Gasteiger partial charge on any atom is -0.497 e. The molecule has 9 nitrogen and oxygen atoms in total. The van der Waals surface area contributed by atoms with Crippen molar-refractivity contribution in [2.45, 2.75) is 13.0 Å². The average Bonchev–Trinajstić information content (AvgIpc) is 2.99. The van der Waals surface area contributed by atoms with Gasteiger partial charge >= 0.3 is 0 Å². The molecule has 0 spiro atoms. The van der Waals surface area contributed by atoms with Gasteiger partial charge in [-0.15, -0.1) is 0 Å². The van der Waals surface area contributed by atoms with Crippen LogP contribution >= 0.6 is 0 Å². The van der Waals surface area contributed by atoms with Crippen molar-refractivity contribution in [3.8, 4) is 5.75 Å². The van der Waals surface area contributed by atoms with Crippen molar-refractivity contribution < 1.29 is 9.66 Å². The van der Waals surface area contributed by atoms with Gasteiger partial charge in [-0.05, 0) is 30.2 Å². The molecule has 2 aromatic carbocycles. The van der Waals surface area contributed by atoms with E-state index < -0.39 is 4.92 Å². The monoisotopic (exact) mass is 409 g/mol. The van der Waals surface area contributed by atoms with Crippen molar-refractivity contribution in [2.75, 3.05) is 38.2 Å². The Morgan fingerprint density at radius 3 is 2.70 bits per heavy atom. The van der Waals surface area contributed by atoms with Crippen LogP contribution in [-0.4, -0.2) is 53.1 Å². The molecule has 0 unspecified atom stereocenters. The number of anilines is 1. The summed E-state index contributed by atoms with van der Waals surface area (Å²) in [7, 11) is 1.65. The molecule has 1 aliphatic rings. The van der Waals surface area contributed by atoms with Gasteiger partial charge in [-0.2, -0.15) is 0 Å². The topological polar surface area (TPSA) is 105 Å². The van der Waals surface area contributed by atoms with E-state index >= 15 is 0 Å². The maximum Gasteiger partial charge on any atom is 0.293 e. The van der Waals surface area contributed by atoms with Crippen LogP contribution in [0.3, 0.4) is 0 Å². The Hall–Kier alpha value is -3.46. The summed E-state index contributed by atoms with van der Waals surface area (Å²) in [5.41, 5.74) is 1.72. The van der Waals surface area contributed by atoms with Gasteiger partial charge in [0.05, 0.1) is 29.3 Å². The molecule has 0 atom stereocenters. The second-order valence-corrected chi connectivity index (χ2v) is 7.31. The van der Waals surface area contributed by atoms with Crippen LogP contribution in [0.1, 0.15) is 12.0 Å². The highest BCUT2D eigenvalue weighted by atomic mass is 16.6. The fourth-order valence-electron chi connectivity index (χ4n) is 3.85. The van der Waals surface area contributed by atoms with E-state index in [0.717, 1.165) is 31.8 Å². The number of benzene rings is 2. The van der Waals surface area contributed by atoms with Gasteiger partial charge in [-0.25, -0.2) is 4.98 Å². The van der Waals surface area contributed by atoms with Gasteiger partial charge < -0.3 is 14.6 Å². The Morgan fingerprint density at radius 2 is 1.97 bits per heavy atom. The highest BCUT2D eigenvalue weighted by Gasteiger charge is 2.24. The molecule has 3 aromatic rings. The average molecular weight is 409 g/mol. The van der Waals surface area contributed by atoms with Crippen molar-refractivity contribution in [1.82, 2.24) is 14.9 Å². The van der Waals surface area contributed by atoms with E-state index in [2.05, 4.69) is 27.0 Å². The van der Waals surface area contributed by atoms with Crippen molar-refractivity contribution in [2.24, 2.45) is 0 Å². The van der Waals surface area contributed by atoms with Gasteiger partial charge in [-0.3, -0.25) is 19.8 Å². The second kappa shape index (κ2) is 8.50. The summed E-state index contributed by atoms with van der Waals surface area (Å²) in [6.45, 7) is 3.86. The number of nitro groups is 1. The van der Waals surface area contributed by atoms with E-state index in [9.17, 15) is 14.9 Å². The van der Waals surface area contributed by atoms with Gasteiger partial charge in [-0.1, -0.05) is 12.1 Å². The first-order valence-corrected chi connectivity index (χ1v) is 9.81. The van der Waals surface area contributed by atoms with Gasteiger partial charge in [0.15, 0.2) is 0 Å². The Morgan fingerprint density at radius 1 is 1.17 bits per heavy atom. The molecule has 0 radical (unpaired) electrons. The summed E-state index contributed by atoms with van der Waals surface area (Å²) in [5, 5.41) is 11.9. The van der Waals surface area contributed by atoms with E-state index in [4.69, 9.17) is 4.74 Å². The van der Waals surface area contributed by atoms with Gasteiger partial charge in [0, 0.05) is 38.8 Å². The van der Waals surface area contributed by atoms with Crippen molar-refractivity contribution in [3.05, 3.63) is 68.8 Å². The summed E-state index contributed by atoms with van der Waals surface area (Å²) in [5.74, 6) is 0.830. The van der Waals surface area contributed by atoms with E-state index in [1.165, 1.54) is 18.0 Å². The number of fused-ring (bicyclic) bond motifs is 1. The predicted molar refractivity (Wildman–Crippen MR) is 114 cm³/mol. The Labute approximate surface area is 173 Å². The fourth-order valence-corrected chi connectivity index (χ4v) is 3.85. The number of aromatic nitrogens is 2. The molecular weight excluding hydrogens is 386 g/mol. The zero-order valence-corrected chi connectivity index (χ0v) is 16.7. The maximum absolute atomic E-state index is 12.0. The van der Waals surface area contributed by atoms with E-state index in [1.54, 1.807) is 13.2 Å². The fraction of sp³-hybridized carbons (Fsp3) is 0.333. The van der Waals surface area contributed by atoms with E-state index in [-0.39, 0.29) is 16.6 Å². The number of hydrogen-bond donors (Lipinski definition) is 1. The summed E-state index contributed by atoms with van der Waals surface area (Å²) in [6, 6.07) is 11.0. The minimum atomic E-state index is -0.429. The molecular formula is C21H23N5O4. The van der Waals surface area contributed by atoms with Crippen molar-refractivity contribution in [3.63, 3.8) is 0 Å². The molecule has 0 aliphatic carbocycles. The molecule has 2 heterocycles. The number of hydrogen-bond acceptors (Lipinski definition) is 7. The number of rotatable bonds is 5. The molecule has 1 aliphatic heterocycles. The SMILES string of the molecule is COc1ccc(CN2CCCN(c3cc4nc[nH]c(=O)c4cc3[N+](=O)[O-])CC2)cc1. The molecule has 1 N–H and O–H groups in total. The largest absolute Gasteiger partial charge is 0.497 e. The lowest BCUT2D eigenvalue weighted by molar-refractivity contribution is -0.384. The second-order valence-electron chi connectivity index (χ2n) is 7.31. The highest BCUT2D eigenvalue weighted by Crippen LogP contribution is 2.32. The summed E-state index contributed by atoms with van der Waals surface area (Å²) in [4.78, 5) is 34.3. The Balaban J connectivity index is 1.55. The Kier molecular flexibility index (Phi) is 5.62. The number of methoxy groups -OCH3 is 1. The van der Waals surface area contributed by atoms with Gasteiger partial charge in [0.25, 0.3) is 11.2 Å². The van der Waals surface area contributed by atoms with Crippen LogP contribution in [0.15, 0.2) is 47.5 Å². The number of H-pyrrole nitrogens is 1. The molecule has 0 saturated carbocycles. The third-order valence-corrected chi connectivity index (χ3v) is 5.43. The summed E-state index contributed by atoms with van der Waals surface area (Å²) >= 11 is 0. The zero-order chi connectivity index (χ0) is 21.1. The number of nitro benzene ring substituents is 1. The zero-order valence-electron chi connectivity index (χ0n) is 16.7. The predicted octanol–water partition coefficient (Wildman–Crippen LogP) is 2.55. The minimum absolute atomic E-state index is 0.0652. The molecule has 1 aromatic heterocycles. The standard InChI is InChI=1S/C21H23N5O4/c1-30-16-5-3-15(4-6-16)13-24-7-2-8-25(10-9-24)19-12-18-17(11-20(19)26(28)29)21(27)23-14-22-18/h3-6,11-12,14H,2,7-10,13H2,1H3,(H,22,23,27). The Bertz CT molecular complexity index is 1110. The smallest absolute Gasteiger partial charge is 0.293 e. The number of nitrogens with zero attached hydrogens (tertiary/aromatic N) is 4. The van der Waals surface area contributed by atoms with E-state index in [1.807, 2.05) is 17.0 Å². The third-order valence-electron chi connectivity index (χ3n) is 5.43. The first-order chi connectivity index (χ1) is 14.5. The molecule has 156 valence electrons. The van der Waals surface area contributed by atoms with Crippen LogP contribution < -0.4 is 15.2 Å². The molecule has 1 saturated heterocycles. The normalized spacial score (nSPS) is 15.2. The van der Waals surface area contributed by atoms with E-state index in [0.29, 0.717) is 24.3 Å². The van der Waals surface area contributed by atoms with Crippen LogP contribution in [0.5, 0.6) is 5.75 Å². The van der Waals surface area contributed by atoms with Crippen molar-refractivity contribution in [1.29, 1.82) is 0 Å². The number of aromatic amines is 1. The maximum atomic E-state index is 12.0. The van der Waals surface area contributed by atoms with Crippen LogP contribution in [0.2, 0.25) is 0 Å². The summed E-state index contributed by atoms with van der Waals surface area (Å²) in [6.07, 6.45) is 2.20. The first kappa shape index (κ1) is 19.8. The molecule has 1 fully saturated rings. The lowest BCUT2D eigenvalue weighted by Crippen LogP contribution is -2.31. The highest BCUT2D eigenvalue weighted by molar-refractivity contribution is 5.87. The number of nitrogens with one attached hydrogen (secondary N) is 1. The third kappa shape index (κ3) is 4.11. The van der Waals surface area contributed by atoms with Crippen LogP contribution in [0, 0.1) is 10.1 Å². The quantitative estimate of drug-likeness (QED) is 0.510. The van der Waals surface area contributed by atoms with Crippen LogP contribution in [-0.2, 0) is 6.54 Å². The first-order valence-electron chi connectivity index (χ1n) is 9.81. The number of ether oxygens (including phenoxy) is 1. The molecule has 30 heavy (non-hydrogen) atoms. The van der Waals surface area contributed by atoms with Crippen LogP contribution in [0.4, 0.5) is 11.4 Å². The van der Waals surface area contributed by atoms with Gasteiger partial charge in [0.1, 0.15) is 11.4 Å². The van der Waals surface area contributed by atoms with Crippen molar-refractivity contribution >= 4 is 22.3 Å². The molecule has 4 rings (SSSR count). The molecule has 0 amide bonds. The lowest BCUT2D eigenvalue weighted by Gasteiger charge is -2.23.